The highest BCUT2D eigenvalue weighted by Gasteiger charge is 2.46. The number of halogens is 2. The van der Waals surface area contributed by atoms with Crippen LogP contribution in [0.15, 0.2) is 18.2 Å². The standard InChI is InChI=1S/C13H13Cl2NO4/c1-13(2)6-19-11(17)10(13)20-12(18)16-9-5-7(14)3-4-8(9)15/h3-5,10H,6H2,1-2H3,(H,16,18). The summed E-state index contributed by atoms with van der Waals surface area (Å²) in [5.41, 5.74) is -0.250. The minimum atomic E-state index is -0.944. The van der Waals surface area contributed by atoms with Crippen LogP contribution in [0.3, 0.4) is 0 Å². The van der Waals surface area contributed by atoms with Gasteiger partial charge in [0.05, 0.1) is 10.7 Å². The summed E-state index contributed by atoms with van der Waals surface area (Å²) in [6, 6.07) is 4.63. The number of amides is 1. The summed E-state index contributed by atoms with van der Waals surface area (Å²) in [5.74, 6) is -0.553. The van der Waals surface area contributed by atoms with Crippen LogP contribution in [0.5, 0.6) is 0 Å². The molecule has 1 atom stereocenters. The van der Waals surface area contributed by atoms with Crippen LogP contribution in [-0.2, 0) is 14.3 Å². The first-order valence-corrected chi connectivity index (χ1v) is 6.64. The molecule has 1 aliphatic rings. The number of carbonyl (C=O) groups excluding carboxylic acids is 2. The summed E-state index contributed by atoms with van der Waals surface area (Å²) in [5, 5.41) is 3.19. The fourth-order valence-electron chi connectivity index (χ4n) is 1.77. The van der Waals surface area contributed by atoms with Crippen LogP contribution < -0.4 is 5.32 Å². The molecule has 0 spiro atoms. The summed E-state index contributed by atoms with van der Waals surface area (Å²) >= 11 is 11.7. The van der Waals surface area contributed by atoms with E-state index >= 15 is 0 Å². The van der Waals surface area contributed by atoms with Gasteiger partial charge >= 0.3 is 12.1 Å². The number of anilines is 1. The highest BCUT2D eigenvalue weighted by Crippen LogP contribution is 2.32. The molecule has 7 heteroatoms. The van der Waals surface area contributed by atoms with E-state index in [0.29, 0.717) is 15.7 Å². The maximum atomic E-state index is 11.8. The van der Waals surface area contributed by atoms with Gasteiger partial charge in [0.15, 0.2) is 0 Å². The van der Waals surface area contributed by atoms with Gasteiger partial charge in [-0.3, -0.25) is 5.32 Å². The zero-order valence-corrected chi connectivity index (χ0v) is 12.4. The van der Waals surface area contributed by atoms with Crippen molar-refractivity contribution in [2.45, 2.75) is 20.0 Å². The molecule has 1 aromatic carbocycles. The number of nitrogens with one attached hydrogen (secondary N) is 1. The minimum absolute atomic E-state index is 0.210. The van der Waals surface area contributed by atoms with Crippen molar-refractivity contribution in [2.75, 3.05) is 11.9 Å². The third-order valence-corrected chi connectivity index (χ3v) is 3.46. The summed E-state index contributed by atoms with van der Waals surface area (Å²) < 4.78 is 9.99. The molecule has 1 amide bonds. The molecule has 0 aromatic heterocycles. The first kappa shape index (κ1) is 14.9. The van der Waals surface area contributed by atoms with Gasteiger partial charge in [-0.15, -0.1) is 0 Å². The molecule has 1 heterocycles. The van der Waals surface area contributed by atoms with Crippen molar-refractivity contribution in [2.24, 2.45) is 5.41 Å². The van der Waals surface area contributed by atoms with Gasteiger partial charge in [0.2, 0.25) is 6.10 Å². The zero-order valence-electron chi connectivity index (χ0n) is 10.9. The van der Waals surface area contributed by atoms with Crippen LogP contribution >= 0.6 is 23.2 Å². The molecular formula is C13H13Cl2NO4. The highest BCUT2D eigenvalue weighted by atomic mass is 35.5. The molecule has 0 radical (unpaired) electrons. The number of hydrogen-bond acceptors (Lipinski definition) is 4. The predicted molar refractivity (Wildman–Crippen MR) is 75.1 cm³/mol. The summed E-state index contributed by atoms with van der Waals surface area (Å²) in [6.07, 6.45) is -1.73. The molecule has 1 saturated heterocycles. The van der Waals surface area contributed by atoms with Crippen molar-refractivity contribution >= 4 is 41.0 Å². The Morgan fingerprint density at radius 2 is 2.15 bits per heavy atom. The lowest BCUT2D eigenvalue weighted by atomic mass is 9.90. The van der Waals surface area contributed by atoms with Crippen LogP contribution in [0.2, 0.25) is 10.0 Å². The number of hydrogen-bond donors (Lipinski definition) is 1. The van der Waals surface area contributed by atoms with E-state index in [-0.39, 0.29) is 6.61 Å². The number of benzene rings is 1. The van der Waals surface area contributed by atoms with E-state index in [1.807, 2.05) is 0 Å². The van der Waals surface area contributed by atoms with Crippen molar-refractivity contribution in [1.82, 2.24) is 0 Å². The first-order valence-electron chi connectivity index (χ1n) is 5.89. The third kappa shape index (κ3) is 3.16. The van der Waals surface area contributed by atoms with Crippen molar-refractivity contribution < 1.29 is 19.1 Å². The molecular weight excluding hydrogens is 305 g/mol. The molecule has 1 aromatic rings. The SMILES string of the molecule is CC1(C)COC(=O)C1OC(=O)Nc1cc(Cl)ccc1Cl. The Bertz CT molecular complexity index is 559. The molecule has 0 saturated carbocycles. The van der Waals surface area contributed by atoms with E-state index in [0.717, 1.165) is 0 Å². The Hall–Kier alpha value is -1.46. The van der Waals surface area contributed by atoms with Crippen molar-refractivity contribution in [3.8, 4) is 0 Å². The number of rotatable bonds is 2. The quantitative estimate of drug-likeness (QED) is 0.848. The molecule has 108 valence electrons. The van der Waals surface area contributed by atoms with Gasteiger partial charge in [-0.2, -0.15) is 0 Å². The normalized spacial score (nSPS) is 20.4. The maximum Gasteiger partial charge on any atom is 0.412 e. The summed E-state index contributed by atoms with van der Waals surface area (Å²) in [7, 11) is 0. The van der Waals surface area contributed by atoms with Crippen LogP contribution in [0.1, 0.15) is 13.8 Å². The zero-order chi connectivity index (χ0) is 14.9. The van der Waals surface area contributed by atoms with Crippen molar-refractivity contribution in [1.29, 1.82) is 0 Å². The Morgan fingerprint density at radius 1 is 1.45 bits per heavy atom. The monoisotopic (exact) mass is 317 g/mol. The lowest BCUT2D eigenvalue weighted by Crippen LogP contribution is -2.36. The van der Waals surface area contributed by atoms with E-state index in [9.17, 15) is 9.59 Å². The number of esters is 1. The Balaban J connectivity index is 2.06. The van der Waals surface area contributed by atoms with Crippen molar-refractivity contribution in [3.05, 3.63) is 28.2 Å². The number of carbonyl (C=O) groups is 2. The molecule has 0 aliphatic carbocycles. The van der Waals surface area contributed by atoms with Gasteiger partial charge < -0.3 is 9.47 Å². The molecule has 5 nitrogen and oxygen atoms in total. The van der Waals surface area contributed by atoms with E-state index < -0.39 is 23.6 Å². The third-order valence-electron chi connectivity index (χ3n) is 2.90. The lowest BCUT2D eigenvalue weighted by molar-refractivity contribution is -0.145. The Labute approximate surface area is 126 Å². The highest BCUT2D eigenvalue weighted by molar-refractivity contribution is 6.35. The van der Waals surface area contributed by atoms with Gasteiger partial charge in [-0.1, -0.05) is 37.0 Å². The van der Waals surface area contributed by atoms with Gasteiger partial charge in [-0.05, 0) is 18.2 Å². The smallest absolute Gasteiger partial charge is 0.412 e. The second-order valence-corrected chi connectivity index (χ2v) is 5.97. The minimum Gasteiger partial charge on any atom is -0.462 e. The molecule has 20 heavy (non-hydrogen) atoms. The fourth-order valence-corrected chi connectivity index (χ4v) is 2.11. The van der Waals surface area contributed by atoms with Gasteiger partial charge in [0.1, 0.15) is 6.61 Å². The van der Waals surface area contributed by atoms with Crippen LogP contribution in [0, 0.1) is 5.41 Å². The second-order valence-electron chi connectivity index (χ2n) is 5.13. The predicted octanol–water partition coefficient (Wildman–Crippen LogP) is 3.49. The molecule has 1 N–H and O–H groups in total. The van der Waals surface area contributed by atoms with Crippen molar-refractivity contribution in [3.63, 3.8) is 0 Å². The van der Waals surface area contributed by atoms with Gasteiger partial charge in [0, 0.05) is 10.4 Å². The average Bonchev–Trinajstić information content (AvgIpc) is 2.61. The van der Waals surface area contributed by atoms with Crippen LogP contribution in [-0.4, -0.2) is 24.8 Å². The second kappa shape index (κ2) is 5.50. The molecule has 1 aliphatic heterocycles. The summed E-state index contributed by atoms with van der Waals surface area (Å²) in [6.45, 7) is 3.77. The lowest BCUT2D eigenvalue weighted by Gasteiger charge is -2.21. The molecule has 1 unspecified atom stereocenters. The first-order chi connectivity index (χ1) is 9.29. The Morgan fingerprint density at radius 3 is 2.75 bits per heavy atom. The maximum absolute atomic E-state index is 11.8. The molecule has 1 fully saturated rings. The number of cyclic esters (lactones) is 1. The average molecular weight is 318 g/mol. The molecule has 0 bridgehead atoms. The van der Waals surface area contributed by atoms with E-state index in [4.69, 9.17) is 32.7 Å². The molecule has 2 rings (SSSR count). The van der Waals surface area contributed by atoms with Gasteiger partial charge in [-0.25, -0.2) is 9.59 Å². The largest absolute Gasteiger partial charge is 0.462 e. The topological polar surface area (TPSA) is 64.6 Å². The number of ether oxygens (including phenoxy) is 2. The van der Waals surface area contributed by atoms with E-state index in [1.165, 1.54) is 6.07 Å². The van der Waals surface area contributed by atoms with Gasteiger partial charge in [0.25, 0.3) is 0 Å². The van der Waals surface area contributed by atoms with E-state index in [2.05, 4.69) is 5.32 Å². The van der Waals surface area contributed by atoms with Crippen LogP contribution in [0.4, 0.5) is 10.5 Å². The summed E-state index contributed by atoms with van der Waals surface area (Å²) in [4.78, 5) is 23.3. The van der Waals surface area contributed by atoms with Crippen LogP contribution in [0.25, 0.3) is 0 Å². The van der Waals surface area contributed by atoms with E-state index in [1.54, 1.807) is 26.0 Å². The fraction of sp³-hybridized carbons (Fsp3) is 0.385. The Kier molecular flexibility index (Phi) is 4.11.